The molecule has 90 valence electrons. The maximum atomic E-state index is 13.6. The van der Waals surface area contributed by atoms with Crippen molar-refractivity contribution < 1.29 is 13.5 Å². The fourth-order valence-corrected chi connectivity index (χ4v) is 1.70. The Bertz CT molecular complexity index is 367. The van der Waals surface area contributed by atoms with Crippen LogP contribution >= 0.6 is 12.4 Å². The van der Waals surface area contributed by atoms with Gasteiger partial charge < -0.3 is 10.1 Å². The van der Waals surface area contributed by atoms with E-state index in [0.717, 1.165) is 0 Å². The summed E-state index contributed by atoms with van der Waals surface area (Å²) < 4.78 is 32.1. The van der Waals surface area contributed by atoms with Gasteiger partial charge in [-0.25, -0.2) is 8.78 Å². The van der Waals surface area contributed by atoms with Crippen molar-refractivity contribution in [2.75, 3.05) is 19.8 Å². The zero-order chi connectivity index (χ0) is 10.8. The summed E-state index contributed by atoms with van der Waals surface area (Å²) in [4.78, 5) is 0. The molecule has 0 saturated carbocycles. The van der Waals surface area contributed by atoms with E-state index in [1.807, 2.05) is 0 Å². The van der Waals surface area contributed by atoms with E-state index in [2.05, 4.69) is 5.32 Å². The Labute approximate surface area is 99.4 Å². The molecule has 1 saturated heterocycles. The van der Waals surface area contributed by atoms with Gasteiger partial charge in [0.1, 0.15) is 0 Å². The van der Waals surface area contributed by atoms with Gasteiger partial charge in [-0.05, 0) is 12.5 Å². The van der Waals surface area contributed by atoms with Crippen molar-refractivity contribution in [3.63, 3.8) is 0 Å². The Morgan fingerprint density at radius 2 is 2.06 bits per heavy atom. The molecule has 1 aliphatic heterocycles. The molecule has 1 heterocycles. The summed E-state index contributed by atoms with van der Waals surface area (Å²) in [7, 11) is 0. The molecule has 0 amide bonds. The van der Waals surface area contributed by atoms with Crippen molar-refractivity contribution in [3.05, 3.63) is 34.9 Å². The minimum atomic E-state index is -0.766. The summed E-state index contributed by atoms with van der Waals surface area (Å²) in [5.41, 5.74) is 0.672. The zero-order valence-electron chi connectivity index (χ0n) is 8.93. The molecule has 0 aliphatic carbocycles. The number of hydrogen-bond donors (Lipinski definition) is 1. The number of nitrogens with one attached hydrogen (secondary N) is 1. The van der Waals surface area contributed by atoms with Gasteiger partial charge in [-0.15, -0.1) is 12.4 Å². The zero-order valence-corrected chi connectivity index (χ0v) is 9.74. The smallest absolute Gasteiger partial charge is 0.163 e. The fraction of sp³-hybridized carbons (Fsp3) is 0.455. The van der Waals surface area contributed by atoms with Crippen LogP contribution in [0.15, 0.2) is 12.1 Å². The Morgan fingerprint density at radius 1 is 1.31 bits per heavy atom. The van der Waals surface area contributed by atoms with Gasteiger partial charge in [-0.3, -0.25) is 0 Å². The lowest BCUT2D eigenvalue weighted by Gasteiger charge is -2.24. The summed E-state index contributed by atoms with van der Waals surface area (Å²) in [5, 5.41) is 3.09. The topological polar surface area (TPSA) is 21.3 Å². The summed E-state index contributed by atoms with van der Waals surface area (Å²) >= 11 is 0. The van der Waals surface area contributed by atoms with Crippen molar-refractivity contribution in [1.29, 1.82) is 0 Å². The van der Waals surface area contributed by atoms with Gasteiger partial charge in [-0.2, -0.15) is 0 Å². The van der Waals surface area contributed by atoms with Crippen LogP contribution in [0.2, 0.25) is 0 Å². The molecule has 1 aromatic rings. The van der Waals surface area contributed by atoms with Crippen molar-refractivity contribution in [2.45, 2.75) is 13.0 Å². The van der Waals surface area contributed by atoms with Gasteiger partial charge in [0.2, 0.25) is 0 Å². The first-order valence-electron chi connectivity index (χ1n) is 4.96. The molecule has 1 N–H and O–H groups in total. The van der Waals surface area contributed by atoms with Crippen molar-refractivity contribution >= 4 is 12.4 Å². The molecule has 0 radical (unpaired) electrons. The summed E-state index contributed by atoms with van der Waals surface area (Å²) in [6.45, 7) is 3.22. The number of hydrogen-bond acceptors (Lipinski definition) is 2. The minimum absolute atomic E-state index is 0. The van der Waals surface area contributed by atoms with E-state index in [9.17, 15) is 8.78 Å². The van der Waals surface area contributed by atoms with Crippen molar-refractivity contribution in [1.82, 2.24) is 5.32 Å². The predicted octanol–water partition coefficient (Wildman–Crippen LogP) is 2.36. The van der Waals surface area contributed by atoms with Crippen LogP contribution in [-0.4, -0.2) is 19.8 Å². The highest BCUT2D eigenvalue weighted by atomic mass is 35.5. The van der Waals surface area contributed by atoms with E-state index in [-0.39, 0.29) is 18.4 Å². The van der Waals surface area contributed by atoms with Crippen LogP contribution in [0.5, 0.6) is 0 Å². The lowest BCUT2D eigenvalue weighted by Crippen LogP contribution is -2.35. The van der Waals surface area contributed by atoms with Gasteiger partial charge in [0.25, 0.3) is 0 Å². The average molecular weight is 250 g/mol. The van der Waals surface area contributed by atoms with Crippen LogP contribution in [0.1, 0.15) is 17.2 Å². The van der Waals surface area contributed by atoms with Crippen LogP contribution in [-0.2, 0) is 4.74 Å². The molecule has 16 heavy (non-hydrogen) atoms. The summed E-state index contributed by atoms with van der Waals surface area (Å²) in [5.74, 6) is -1.53. The Balaban J connectivity index is 0.00000128. The second kappa shape index (κ2) is 5.57. The number of halogens is 3. The predicted molar refractivity (Wildman–Crippen MR) is 59.9 cm³/mol. The maximum Gasteiger partial charge on any atom is 0.163 e. The summed E-state index contributed by atoms with van der Waals surface area (Å²) in [6.07, 6.45) is 0. The van der Waals surface area contributed by atoms with Crippen molar-refractivity contribution in [3.8, 4) is 0 Å². The molecular weight excluding hydrogens is 236 g/mol. The van der Waals surface area contributed by atoms with Gasteiger partial charge in [-0.1, -0.05) is 12.1 Å². The number of morpholine rings is 1. The molecule has 1 fully saturated rings. The molecular formula is C11H14ClF2NO. The van der Waals surface area contributed by atoms with Crippen LogP contribution in [0.4, 0.5) is 8.78 Å². The third-order valence-corrected chi connectivity index (χ3v) is 2.60. The number of benzene rings is 1. The second-order valence-electron chi connectivity index (χ2n) is 3.68. The molecule has 1 aromatic carbocycles. The van der Waals surface area contributed by atoms with Crippen molar-refractivity contribution in [2.24, 2.45) is 0 Å². The van der Waals surface area contributed by atoms with Crippen LogP contribution in [0, 0.1) is 18.6 Å². The molecule has 0 spiro atoms. The normalized spacial score (nSPS) is 20.3. The molecule has 5 heteroatoms. The molecule has 0 unspecified atom stereocenters. The minimum Gasteiger partial charge on any atom is -0.378 e. The van der Waals surface area contributed by atoms with Gasteiger partial charge >= 0.3 is 0 Å². The lowest BCUT2D eigenvalue weighted by atomic mass is 10.0. The third kappa shape index (κ3) is 2.51. The third-order valence-electron chi connectivity index (χ3n) is 2.60. The molecule has 0 aromatic heterocycles. The highest BCUT2D eigenvalue weighted by Gasteiger charge is 2.21. The molecule has 1 aliphatic rings. The van der Waals surface area contributed by atoms with Gasteiger partial charge in [0, 0.05) is 12.1 Å². The second-order valence-corrected chi connectivity index (χ2v) is 3.68. The average Bonchev–Trinajstić information content (AvgIpc) is 2.27. The van der Waals surface area contributed by atoms with Gasteiger partial charge in [0.05, 0.1) is 19.3 Å². The lowest BCUT2D eigenvalue weighted by molar-refractivity contribution is 0.0755. The van der Waals surface area contributed by atoms with Crippen LogP contribution < -0.4 is 5.32 Å². The maximum absolute atomic E-state index is 13.6. The first kappa shape index (κ1) is 13.4. The molecule has 2 nitrogen and oxygen atoms in total. The Kier molecular flexibility index (Phi) is 4.65. The Hall–Kier alpha value is -0.710. The van der Waals surface area contributed by atoms with Crippen LogP contribution in [0.3, 0.4) is 0 Å². The van der Waals surface area contributed by atoms with E-state index in [1.54, 1.807) is 19.1 Å². The highest BCUT2D eigenvalue weighted by molar-refractivity contribution is 5.85. The highest BCUT2D eigenvalue weighted by Crippen LogP contribution is 2.23. The molecule has 1 atom stereocenters. The molecule has 0 bridgehead atoms. The van der Waals surface area contributed by atoms with E-state index in [0.29, 0.717) is 30.9 Å². The van der Waals surface area contributed by atoms with Gasteiger partial charge in [0.15, 0.2) is 11.6 Å². The number of ether oxygens (including phenoxy) is 1. The standard InChI is InChI=1S/C11H13F2NO.ClH/c1-7-2-3-8(11(13)10(7)12)9-6-15-5-4-14-9;/h2-3,9,14H,4-6H2,1H3;1H/t9-;/m1./s1. The largest absolute Gasteiger partial charge is 0.378 e. The first-order valence-corrected chi connectivity index (χ1v) is 4.96. The number of rotatable bonds is 1. The van der Waals surface area contributed by atoms with E-state index >= 15 is 0 Å². The monoisotopic (exact) mass is 249 g/mol. The van der Waals surface area contributed by atoms with Crippen LogP contribution in [0.25, 0.3) is 0 Å². The van der Waals surface area contributed by atoms with E-state index < -0.39 is 11.6 Å². The quantitative estimate of drug-likeness (QED) is 0.825. The Morgan fingerprint density at radius 3 is 2.69 bits per heavy atom. The number of aryl methyl sites for hydroxylation is 1. The SMILES string of the molecule is Cc1ccc([C@H]2COCCN2)c(F)c1F.Cl. The van der Waals surface area contributed by atoms with E-state index in [1.165, 1.54) is 0 Å². The first-order chi connectivity index (χ1) is 7.20. The fourth-order valence-electron chi connectivity index (χ4n) is 1.70. The molecule has 2 rings (SSSR count). The summed E-state index contributed by atoms with van der Waals surface area (Å²) in [6, 6.07) is 2.96. The van der Waals surface area contributed by atoms with E-state index in [4.69, 9.17) is 4.74 Å².